The van der Waals surface area contributed by atoms with Crippen LogP contribution in [0.15, 0.2) is 48.8 Å². The van der Waals surface area contributed by atoms with Crippen LogP contribution in [0.2, 0.25) is 0 Å². The lowest BCUT2D eigenvalue weighted by molar-refractivity contribution is -0.385. The molecule has 1 aromatic heterocycles. The molecule has 0 spiro atoms. The molecule has 1 heterocycles. The Labute approximate surface area is 115 Å². The van der Waals surface area contributed by atoms with E-state index >= 15 is 0 Å². The Hall–Kier alpha value is -2.76. The molecule has 0 saturated carbocycles. The van der Waals surface area contributed by atoms with Crippen molar-refractivity contribution in [3.05, 3.63) is 70.0 Å². The molecular weight excluding hydrogens is 260 g/mol. The SMILES string of the molecule is O=C(Cc1ccncc1[N+](=O)[O-])OCc1ccccc1. The summed E-state index contributed by atoms with van der Waals surface area (Å²) in [5.74, 6) is -0.511. The van der Waals surface area contributed by atoms with Gasteiger partial charge in [0.05, 0.1) is 11.3 Å². The van der Waals surface area contributed by atoms with Crippen LogP contribution in [-0.4, -0.2) is 15.9 Å². The highest BCUT2D eigenvalue weighted by Gasteiger charge is 2.16. The van der Waals surface area contributed by atoms with Gasteiger partial charge in [0.2, 0.25) is 0 Å². The number of ether oxygens (including phenoxy) is 1. The lowest BCUT2D eigenvalue weighted by atomic mass is 10.1. The van der Waals surface area contributed by atoms with Crippen LogP contribution in [0.3, 0.4) is 0 Å². The van der Waals surface area contributed by atoms with E-state index in [0.29, 0.717) is 5.56 Å². The maximum Gasteiger partial charge on any atom is 0.310 e. The van der Waals surface area contributed by atoms with Gasteiger partial charge in [-0.05, 0) is 11.6 Å². The zero-order valence-corrected chi connectivity index (χ0v) is 10.6. The second-order valence-electron chi connectivity index (χ2n) is 4.08. The molecule has 0 radical (unpaired) electrons. The normalized spacial score (nSPS) is 10.0. The molecule has 0 N–H and O–H groups in total. The van der Waals surface area contributed by atoms with E-state index in [9.17, 15) is 14.9 Å². The number of hydrogen-bond acceptors (Lipinski definition) is 5. The number of benzene rings is 1. The lowest BCUT2D eigenvalue weighted by Gasteiger charge is -2.05. The second-order valence-corrected chi connectivity index (χ2v) is 4.08. The van der Waals surface area contributed by atoms with E-state index in [4.69, 9.17) is 4.74 Å². The van der Waals surface area contributed by atoms with Gasteiger partial charge in [0.15, 0.2) is 0 Å². The smallest absolute Gasteiger partial charge is 0.310 e. The minimum atomic E-state index is -0.563. The van der Waals surface area contributed by atoms with E-state index in [1.807, 2.05) is 30.3 Å². The number of aromatic nitrogens is 1. The molecule has 0 aliphatic rings. The highest BCUT2D eigenvalue weighted by molar-refractivity contribution is 5.74. The minimum absolute atomic E-state index is 0.147. The van der Waals surface area contributed by atoms with Gasteiger partial charge in [-0.25, -0.2) is 0 Å². The second kappa shape index (κ2) is 6.42. The van der Waals surface area contributed by atoms with Gasteiger partial charge >= 0.3 is 5.97 Å². The molecule has 0 atom stereocenters. The van der Waals surface area contributed by atoms with Gasteiger partial charge in [0.1, 0.15) is 12.8 Å². The van der Waals surface area contributed by atoms with Gasteiger partial charge in [-0.1, -0.05) is 30.3 Å². The first-order valence-corrected chi connectivity index (χ1v) is 5.93. The number of nitrogens with zero attached hydrogens (tertiary/aromatic N) is 2. The molecule has 2 rings (SSSR count). The fourth-order valence-corrected chi connectivity index (χ4v) is 1.67. The minimum Gasteiger partial charge on any atom is -0.461 e. The Morgan fingerprint density at radius 1 is 1.25 bits per heavy atom. The van der Waals surface area contributed by atoms with Gasteiger partial charge < -0.3 is 4.74 Å². The van der Waals surface area contributed by atoms with E-state index in [0.717, 1.165) is 11.8 Å². The number of carbonyl (C=O) groups is 1. The Kier molecular flexibility index (Phi) is 4.39. The largest absolute Gasteiger partial charge is 0.461 e. The van der Waals surface area contributed by atoms with Gasteiger partial charge in [-0.2, -0.15) is 0 Å². The first-order chi connectivity index (χ1) is 9.66. The Morgan fingerprint density at radius 3 is 2.70 bits per heavy atom. The highest BCUT2D eigenvalue weighted by Crippen LogP contribution is 2.17. The van der Waals surface area contributed by atoms with Gasteiger partial charge in [-0.3, -0.25) is 19.9 Å². The van der Waals surface area contributed by atoms with Gasteiger partial charge in [0, 0.05) is 11.8 Å². The standard InChI is InChI=1S/C14H12N2O4/c17-14(20-10-11-4-2-1-3-5-11)8-12-6-7-15-9-13(12)16(18)19/h1-7,9H,8,10H2. The number of esters is 1. The maximum atomic E-state index is 11.7. The molecule has 0 bridgehead atoms. The van der Waals surface area contributed by atoms with E-state index in [2.05, 4.69) is 4.98 Å². The fourth-order valence-electron chi connectivity index (χ4n) is 1.67. The molecule has 20 heavy (non-hydrogen) atoms. The van der Waals surface area contributed by atoms with Crippen molar-refractivity contribution in [3.8, 4) is 0 Å². The molecule has 0 aliphatic carbocycles. The van der Waals surface area contributed by atoms with E-state index in [1.165, 1.54) is 12.3 Å². The van der Waals surface area contributed by atoms with Crippen LogP contribution in [0.25, 0.3) is 0 Å². The van der Waals surface area contributed by atoms with Crippen LogP contribution < -0.4 is 0 Å². The molecule has 0 amide bonds. The predicted molar refractivity (Wildman–Crippen MR) is 70.8 cm³/mol. The summed E-state index contributed by atoms with van der Waals surface area (Å²) in [4.78, 5) is 25.6. The fraction of sp³-hybridized carbons (Fsp3) is 0.143. The third-order valence-corrected chi connectivity index (χ3v) is 2.66. The Bertz CT molecular complexity index is 614. The molecule has 6 nitrogen and oxygen atoms in total. The summed E-state index contributed by atoms with van der Waals surface area (Å²) >= 11 is 0. The highest BCUT2D eigenvalue weighted by atomic mass is 16.6. The number of nitro groups is 1. The summed E-state index contributed by atoms with van der Waals surface area (Å²) in [7, 11) is 0. The zero-order valence-electron chi connectivity index (χ0n) is 10.6. The van der Waals surface area contributed by atoms with Crippen molar-refractivity contribution >= 4 is 11.7 Å². The first-order valence-electron chi connectivity index (χ1n) is 5.93. The number of rotatable bonds is 5. The Balaban J connectivity index is 1.97. The van der Waals surface area contributed by atoms with Crippen molar-refractivity contribution in [1.29, 1.82) is 0 Å². The summed E-state index contributed by atoms with van der Waals surface area (Å²) in [6, 6.07) is 10.7. The molecule has 0 fully saturated rings. The third-order valence-electron chi connectivity index (χ3n) is 2.66. The maximum absolute atomic E-state index is 11.7. The third kappa shape index (κ3) is 3.61. The Morgan fingerprint density at radius 2 is 2.00 bits per heavy atom. The molecule has 0 saturated heterocycles. The molecule has 6 heteroatoms. The summed E-state index contributed by atoms with van der Waals surface area (Å²) in [5, 5.41) is 10.8. The summed E-state index contributed by atoms with van der Waals surface area (Å²) in [5.41, 5.74) is 0.984. The van der Waals surface area contributed by atoms with Crippen molar-refractivity contribution in [2.75, 3.05) is 0 Å². The summed E-state index contributed by atoms with van der Waals surface area (Å²) in [6.07, 6.45) is 2.39. The topological polar surface area (TPSA) is 82.3 Å². The molecule has 0 aliphatic heterocycles. The average Bonchev–Trinajstić information content (AvgIpc) is 2.46. The molecular formula is C14H12N2O4. The predicted octanol–water partition coefficient (Wildman–Crippen LogP) is 2.28. The van der Waals surface area contributed by atoms with E-state index in [-0.39, 0.29) is 18.7 Å². The molecule has 2 aromatic rings. The summed E-state index contributed by atoms with van der Waals surface area (Å²) < 4.78 is 5.08. The van der Waals surface area contributed by atoms with E-state index in [1.54, 1.807) is 0 Å². The molecule has 0 unspecified atom stereocenters. The zero-order chi connectivity index (χ0) is 14.4. The van der Waals surface area contributed by atoms with Crippen molar-refractivity contribution in [2.45, 2.75) is 13.0 Å². The monoisotopic (exact) mass is 272 g/mol. The number of hydrogen-bond donors (Lipinski definition) is 0. The van der Waals surface area contributed by atoms with Gasteiger partial charge in [0.25, 0.3) is 5.69 Å². The summed E-state index contributed by atoms with van der Waals surface area (Å²) in [6.45, 7) is 0.151. The molecule has 1 aromatic carbocycles. The number of pyridine rings is 1. The van der Waals surface area contributed by atoms with Crippen LogP contribution in [0.1, 0.15) is 11.1 Å². The van der Waals surface area contributed by atoms with Crippen LogP contribution in [0, 0.1) is 10.1 Å². The van der Waals surface area contributed by atoms with Gasteiger partial charge in [-0.15, -0.1) is 0 Å². The van der Waals surface area contributed by atoms with Crippen molar-refractivity contribution < 1.29 is 14.5 Å². The quantitative estimate of drug-likeness (QED) is 0.473. The van der Waals surface area contributed by atoms with Crippen LogP contribution in [0.5, 0.6) is 0 Å². The lowest BCUT2D eigenvalue weighted by Crippen LogP contribution is -2.09. The first kappa shape index (κ1) is 13.7. The van der Waals surface area contributed by atoms with Crippen LogP contribution in [0.4, 0.5) is 5.69 Å². The van der Waals surface area contributed by atoms with Crippen molar-refractivity contribution in [2.24, 2.45) is 0 Å². The number of carbonyl (C=O) groups excluding carboxylic acids is 1. The van der Waals surface area contributed by atoms with Crippen LogP contribution in [-0.2, 0) is 22.6 Å². The average molecular weight is 272 g/mol. The van der Waals surface area contributed by atoms with Crippen molar-refractivity contribution in [3.63, 3.8) is 0 Å². The molecule has 102 valence electrons. The van der Waals surface area contributed by atoms with E-state index < -0.39 is 10.9 Å². The van der Waals surface area contributed by atoms with Crippen LogP contribution >= 0.6 is 0 Å². The van der Waals surface area contributed by atoms with Crippen molar-refractivity contribution in [1.82, 2.24) is 4.98 Å².